The summed E-state index contributed by atoms with van der Waals surface area (Å²) in [4.78, 5) is 0. The van der Waals surface area contributed by atoms with Crippen molar-refractivity contribution in [3.8, 4) is 5.75 Å². The summed E-state index contributed by atoms with van der Waals surface area (Å²) < 4.78 is 11.0. The molecule has 0 aliphatic heterocycles. The van der Waals surface area contributed by atoms with Gasteiger partial charge in [0.05, 0.1) is 18.4 Å². The van der Waals surface area contributed by atoms with Gasteiger partial charge in [0.2, 0.25) is 0 Å². The van der Waals surface area contributed by atoms with Crippen molar-refractivity contribution in [1.29, 1.82) is 0 Å². The van der Waals surface area contributed by atoms with Crippen molar-refractivity contribution in [2.45, 2.75) is 39.3 Å². The molecule has 0 amide bonds. The van der Waals surface area contributed by atoms with Gasteiger partial charge in [-0.15, -0.1) is 0 Å². The number of hydrogen-bond acceptors (Lipinski definition) is 3. The predicted octanol–water partition coefficient (Wildman–Crippen LogP) is 4.81. The van der Waals surface area contributed by atoms with E-state index < -0.39 is 0 Å². The van der Waals surface area contributed by atoms with Crippen molar-refractivity contribution in [3.05, 3.63) is 52.9 Å². The molecule has 1 N–H and O–H groups in total. The lowest BCUT2D eigenvalue weighted by Crippen LogP contribution is -2.23. The van der Waals surface area contributed by atoms with Crippen molar-refractivity contribution < 1.29 is 9.15 Å². The first-order valence-electron chi connectivity index (χ1n) is 7.34. The van der Waals surface area contributed by atoms with Crippen LogP contribution in [0.2, 0.25) is 5.22 Å². The van der Waals surface area contributed by atoms with Gasteiger partial charge in [0.15, 0.2) is 5.22 Å². The third-order valence-electron chi connectivity index (χ3n) is 3.12. The highest BCUT2D eigenvalue weighted by Gasteiger charge is 2.19. The lowest BCUT2D eigenvalue weighted by Gasteiger charge is -2.19. The van der Waals surface area contributed by atoms with E-state index in [4.69, 9.17) is 20.8 Å². The monoisotopic (exact) mass is 307 g/mol. The molecular weight excluding hydrogens is 286 g/mol. The van der Waals surface area contributed by atoms with Crippen LogP contribution >= 0.6 is 11.6 Å². The highest BCUT2D eigenvalue weighted by atomic mass is 35.5. The maximum atomic E-state index is 6.15. The number of hydrogen-bond donors (Lipinski definition) is 1. The van der Waals surface area contributed by atoms with Crippen LogP contribution in [-0.2, 0) is 0 Å². The standard InChI is InChI=1S/C17H22ClNO2/c1-4-9-19-16(15-8-10-20-17(15)18)13-6-5-7-14(11-13)21-12(2)3/h5-8,10-12,16,19H,4,9H2,1-3H3. The van der Waals surface area contributed by atoms with Crippen LogP contribution < -0.4 is 10.1 Å². The third kappa shape index (κ3) is 4.26. The van der Waals surface area contributed by atoms with E-state index >= 15 is 0 Å². The largest absolute Gasteiger partial charge is 0.491 e. The predicted molar refractivity (Wildman–Crippen MR) is 86.1 cm³/mol. The summed E-state index contributed by atoms with van der Waals surface area (Å²) in [6.45, 7) is 7.08. The van der Waals surface area contributed by atoms with Gasteiger partial charge in [-0.05, 0) is 62.2 Å². The molecule has 1 atom stereocenters. The molecule has 0 spiro atoms. The number of halogens is 1. The van der Waals surface area contributed by atoms with Crippen molar-refractivity contribution in [1.82, 2.24) is 5.32 Å². The summed E-state index contributed by atoms with van der Waals surface area (Å²) in [7, 11) is 0. The van der Waals surface area contributed by atoms with Gasteiger partial charge in [-0.3, -0.25) is 0 Å². The Labute approximate surface area is 131 Å². The molecule has 114 valence electrons. The van der Waals surface area contributed by atoms with E-state index in [1.54, 1.807) is 6.26 Å². The fraction of sp³-hybridized carbons (Fsp3) is 0.412. The molecule has 0 aliphatic carbocycles. The minimum Gasteiger partial charge on any atom is -0.491 e. The van der Waals surface area contributed by atoms with E-state index in [2.05, 4.69) is 24.4 Å². The van der Waals surface area contributed by atoms with Crippen LogP contribution in [-0.4, -0.2) is 12.6 Å². The van der Waals surface area contributed by atoms with E-state index in [-0.39, 0.29) is 12.1 Å². The van der Waals surface area contributed by atoms with Crippen LogP contribution in [0, 0.1) is 0 Å². The summed E-state index contributed by atoms with van der Waals surface area (Å²) in [5.41, 5.74) is 2.07. The van der Waals surface area contributed by atoms with Crippen LogP contribution in [0.5, 0.6) is 5.75 Å². The first kappa shape index (κ1) is 15.9. The second-order valence-electron chi connectivity index (χ2n) is 5.28. The van der Waals surface area contributed by atoms with Gasteiger partial charge < -0.3 is 14.5 Å². The molecule has 0 fully saturated rings. The lowest BCUT2D eigenvalue weighted by molar-refractivity contribution is 0.242. The molecule has 3 nitrogen and oxygen atoms in total. The molecule has 0 radical (unpaired) electrons. The summed E-state index contributed by atoms with van der Waals surface area (Å²) in [6, 6.07) is 10.0. The highest BCUT2D eigenvalue weighted by Crippen LogP contribution is 2.31. The van der Waals surface area contributed by atoms with Crippen molar-refractivity contribution in [2.24, 2.45) is 0 Å². The summed E-state index contributed by atoms with van der Waals surface area (Å²) in [5, 5.41) is 3.94. The second kappa shape index (κ2) is 7.53. The quantitative estimate of drug-likeness (QED) is 0.797. The molecule has 0 aliphatic rings. The van der Waals surface area contributed by atoms with E-state index in [1.165, 1.54) is 0 Å². The molecular formula is C17H22ClNO2. The highest BCUT2D eigenvalue weighted by molar-refractivity contribution is 6.29. The van der Waals surface area contributed by atoms with Gasteiger partial charge in [-0.1, -0.05) is 19.1 Å². The Kier molecular flexibility index (Phi) is 5.71. The molecule has 1 unspecified atom stereocenters. The zero-order valence-electron chi connectivity index (χ0n) is 12.7. The number of furan rings is 1. The van der Waals surface area contributed by atoms with Gasteiger partial charge in [0.25, 0.3) is 0 Å². The molecule has 0 saturated heterocycles. The lowest BCUT2D eigenvalue weighted by atomic mass is 10.0. The minimum atomic E-state index is 0.00640. The van der Waals surface area contributed by atoms with E-state index in [0.717, 1.165) is 29.8 Å². The van der Waals surface area contributed by atoms with Gasteiger partial charge in [0.1, 0.15) is 5.75 Å². The van der Waals surface area contributed by atoms with Gasteiger partial charge in [0, 0.05) is 5.56 Å². The summed E-state index contributed by atoms with van der Waals surface area (Å²) in [6.07, 6.45) is 2.82. The third-order valence-corrected chi connectivity index (χ3v) is 3.43. The van der Waals surface area contributed by atoms with Crippen LogP contribution in [0.15, 0.2) is 41.0 Å². The Morgan fingerprint density at radius 1 is 1.29 bits per heavy atom. The Hall–Kier alpha value is -1.45. The topological polar surface area (TPSA) is 34.4 Å². The number of rotatable bonds is 7. The SMILES string of the molecule is CCCNC(c1cccc(OC(C)C)c1)c1ccoc1Cl. The molecule has 0 bridgehead atoms. The maximum absolute atomic E-state index is 6.15. The first-order chi connectivity index (χ1) is 10.1. The molecule has 4 heteroatoms. The molecule has 21 heavy (non-hydrogen) atoms. The number of ether oxygens (including phenoxy) is 1. The molecule has 1 heterocycles. The van der Waals surface area contributed by atoms with Crippen molar-refractivity contribution in [2.75, 3.05) is 6.54 Å². The van der Waals surface area contributed by atoms with Gasteiger partial charge in [-0.25, -0.2) is 0 Å². The van der Waals surface area contributed by atoms with Crippen molar-refractivity contribution in [3.63, 3.8) is 0 Å². The van der Waals surface area contributed by atoms with Crippen molar-refractivity contribution >= 4 is 11.6 Å². The smallest absolute Gasteiger partial charge is 0.198 e. The Morgan fingerprint density at radius 2 is 2.10 bits per heavy atom. The zero-order chi connectivity index (χ0) is 15.2. The van der Waals surface area contributed by atoms with Crippen LogP contribution in [0.1, 0.15) is 44.4 Å². The Morgan fingerprint density at radius 3 is 2.71 bits per heavy atom. The van der Waals surface area contributed by atoms with Gasteiger partial charge >= 0.3 is 0 Å². The van der Waals surface area contributed by atoms with Crippen LogP contribution in [0.3, 0.4) is 0 Å². The average molecular weight is 308 g/mol. The molecule has 2 aromatic rings. The fourth-order valence-electron chi connectivity index (χ4n) is 2.25. The average Bonchev–Trinajstić information content (AvgIpc) is 2.85. The van der Waals surface area contributed by atoms with Gasteiger partial charge in [-0.2, -0.15) is 0 Å². The van der Waals surface area contributed by atoms with E-state index in [9.17, 15) is 0 Å². The second-order valence-corrected chi connectivity index (χ2v) is 5.62. The fourth-order valence-corrected chi connectivity index (χ4v) is 2.47. The molecule has 0 saturated carbocycles. The van der Waals surface area contributed by atoms with E-state index in [0.29, 0.717) is 5.22 Å². The van der Waals surface area contributed by atoms with E-state index in [1.807, 2.05) is 32.0 Å². The number of benzene rings is 1. The Bertz CT molecular complexity index is 565. The van der Waals surface area contributed by atoms with Crippen LogP contribution in [0.25, 0.3) is 0 Å². The molecule has 1 aromatic heterocycles. The molecule has 1 aromatic carbocycles. The maximum Gasteiger partial charge on any atom is 0.198 e. The number of nitrogens with one attached hydrogen (secondary N) is 1. The Balaban J connectivity index is 2.30. The van der Waals surface area contributed by atoms with Crippen LogP contribution in [0.4, 0.5) is 0 Å². The first-order valence-corrected chi connectivity index (χ1v) is 7.72. The summed E-state index contributed by atoms with van der Waals surface area (Å²) >= 11 is 6.15. The normalized spacial score (nSPS) is 12.6. The summed E-state index contributed by atoms with van der Waals surface area (Å²) in [5.74, 6) is 0.866. The zero-order valence-corrected chi connectivity index (χ0v) is 13.5. The molecule has 2 rings (SSSR count). The minimum absolute atomic E-state index is 0.00640.